The zero-order valence-electron chi connectivity index (χ0n) is 10.1. The molecule has 1 N–H and O–H groups in total. The molecule has 0 aliphatic heterocycles. The topological polar surface area (TPSA) is 64.6 Å². The number of amides is 1. The highest BCUT2D eigenvalue weighted by Gasteiger charge is 2.04. The Kier molecular flexibility index (Phi) is 6.32. The van der Waals surface area contributed by atoms with E-state index < -0.39 is 12.1 Å². The van der Waals surface area contributed by atoms with Gasteiger partial charge in [-0.3, -0.25) is 10.1 Å². The van der Waals surface area contributed by atoms with Crippen LogP contribution in [0.5, 0.6) is 0 Å². The van der Waals surface area contributed by atoms with Crippen molar-refractivity contribution in [3.8, 4) is 0 Å². The predicted molar refractivity (Wildman–Crippen MR) is 65.3 cm³/mol. The number of rotatable bonds is 6. The summed E-state index contributed by atoms with van der Waals surface area (Å²) in [6, 6.07) is 9.29. The van der Waals surface area contributed by atoms with E-state index in [1.165, 1.54) is 0 Å². The van der Waals surface area contributed by atoms with Crippen LogP contribution in [-0.2, 0) is 20.9 Å². The summed E-state index contributed by atoms with van der Waals surface area (Å²) in [5.41, 5.74) is 0.890. The first-order chi connectivity index (χ1) is 8.72. The smallest absolute Gasteiger partial charge is 0.410 e. The molecule has 0 bridgehead atoms. The molecule has 1 aromatic carbocycles. The van der Waals surface area contributed by atoms with E-state index >= 15 is 0 Å². The molecule has 0 aliphatic rings. The number of benzene rings is 1. The zero-order valence-corrected chi connectivity index (χ0v) is 10.1. The molecule has 97 valence electrons. The van der Waals surface area contributed by atoms with Gasteiger partial charge in [-0.05, 0) is 12.0 Å². The highest BCUT2D eigenvalue weighted by Crippen LogP contribution is 2.00. The Balaban J connectivity index is 2.13. The number of esters is 1. The second-order valence-corrected chi connectivity index (χ2v) is 3.50. The third kappa shape index (κ3) is 5.89. The van der Waals surface area contributed by atoms with Crippen LogP contribution in [0, 0.1) is 6.92 Å². The Morgan fingerprint density at radius 3 is 2.56 bits per heavy atom. The van der Waals surface area contributed by atoms with Crippen LogP contribution < -0.4 is 5.32 Å². The number of alkyl carbamates (subject to hydrolysis) is 1. The second-order valence-electron chi connectivity index (χ2n) is 3.50. The van der Waals surface area contributed by atoms with E-state index in [1.54, 1.807) is 0 Å². The molecule has 1 rings (SSSR count). The van der Waals surface area contributed by atoms with Crippen molar-refractivity contribution >= 4 is 12.1 Å². The van der Waals surface area contributed by atoms with Gasteiger partial charge < -0.3 is 9.47 Å². The lowest BCUT2D eigenvalue weighted by molar-refractivity contribution is -0.144. The average Bonchev–Trinajstić information content (AvgIpc) is 2.38. The highest BCUT2D eigenvalue weighted by molar-refractivity contribution is 5.70. The van der Waals surface area contributed by atoms with Gasteiger partial charge in [-0.15, -0.1) is 0 Å². The second kappa shape index (κ2) is 8.11. The molecule has 18 heavy (non-hydrogen) atoms. The molecule has 1 radical (unpaired) electrons. The van der Waals surface area contributed by atoms with E-state index in [4.69, 9.17) is 9.47 Å². The Labute approximate surface area is 106 Å². The molecule has 1 amide bonds. The number of carbonyl (C=O) groups is 2. The molecule has 5 nitrogen and oxygen atoms in total. The van der Waals surface area contributed by atoms with E-state index in [2.05, 4.69) is 12.2 Å². The quantitative estimate of drug-likeness (QED) is 0.619. The van der Waals surface area contributed by atoms with Crippen LogP contribution in [0.25, 0.3) is 0 Å². The van der Waals surface area contributed by atoms with Gasteiger partial charge in [0.25, 0.3) is 0 Å². The van der Waals surface area contributed by atoms with Crippen molar-refractivity contribution in [1.29, 1.82) is 0 Å². The van der Waals surface area contributed by atoms with E-state index in [-0.39, 0.29) is 19.8 Å². The first kappa shape index (κ1) is 14.0. The van der Waals surface area contributed by atoms with Crippen LogP contribution in [0.4, 0.5) is 4.79 Å². The van der Waals surface area contributed by atoms with Crippen molar-refractivity contribution in [3.63, 3.8) is 0 Å². The minimum absolute atomic E-state index is 0.180. The molecule has 0 spiro atoms. The molecule has 1 aromatic rings. The predicted octanol–water partition coefficient (Wildman–Crippen LogP) is 2.03. The highest BCUT2D eigenvalue weighted by atomic mass is 16.6. The summed E-state index contributed by atoms with van der Waals surface area (Å²) in [5, 5.41) is 2.32. The fourth-order valence-corrected chi connectivity index (χ4v) is 1.17. The maximum Gasteiger partial charge on any atom is 0.410 e. The van der Waals surface area contributed by atoms with Gasteiger partial charge in [0.05, 0.1) is 0 Å². The molecule has 0 aromatic heterocycles. The van der Waals surface area contributed by atoms with E-state index in [1.807, 2.05) is 30.3 Å². The van der Waals surface area contributed by atoms with Crippen LogP contribution in [0.2, 0.25) is 0 Å². The van der Waals surface area contributed by atoms with Gasteiger partial charge >= 0.3 is 12.1 Å². The molecule has 0 unspecified atom stereocenters. The van der Waals surface area contributed by atoms with Gasteiger partial charge in [-0.25, -0.2) is 4.79 Å². The van der Waals surface area contributed by atoms with Gasteiger partial charge in [0.2, 0.25) is 0 Å². The normalized spacial score (nSPS) is 9.61. The number of carbonyl (C=O) groups excluding carboxylic acids is 2. The largest absolute Gasteiger partial charge is 0.445 e. The molecular weight excluding hydrogens is 234 g/mol. The zero-order chi connectivity index (χ0) is 13.2. The first-order valence-corrected chi connectivity index (χ1v) is 5.62. The minimum atomic E-state index is -0.624. The van der Waals surface area contributed by atoms with Crippen molar-refractivity contribution in [2.24, 2.45) is 0 Å². The molecule has 0 aliphatic carbocycles. The molecule has 5 heteroatoms. The van der Waals surface area contributed by atoms with Crippen LogP contribution in [-0.4, -0.2) is 18.8 Å². The van der Waals surface area contributed by atoms with Crippen LogP contribution in [0.15, 0.2) is 30.3 Å². The van der Waals surface area contributed by atoms with Crippen molar-refractivity contribution in [2.45, 2.75) is 19.4 Å². The summed E-state index contributed by atoms with van der Waals surface area (Å²) >= 11 is 0. The summed E-state index contributed by atoms with van der Waals surface area (Å²) < 4.78 is 9.63. The maximum absolute atomic E-state index is 11.2. The van der Waals surface area contributed by atoms with Crippen molar-refractivity contribution in [3.05, 3.63) is 42.8 Å². The molecule has 0 fully saturated rings. The lowest BCUT2D eigenvalue weighted by Gasteiger charge is -2.07. The summed E-state index contributed by atoms with van der Waals surface area (Å²) in [5.74, 6) is -0.395. The number of nitrogens with one attached hydrogen (secondary N) is 1. The molecule has 0 atom stereocenters. The Morgan fingerprint density at radius 2 is 1.89 bits per heavy atom. The van der Waals surface area contributed by atoms with Crippen LogP contribution in [0.1, 0.15) is 18.4 Å². The van der Waals surface area contributed by atoms with E-state index in [0.717, 1.165) is 5.56 Å². The van der Waals surface area contributed by atoms with Crippen molar-refractivity contribution < 1.29 is 19.1 Å². The number of hydrogen-bond donors (Lipinski definition) is 1. The van der Waals surface area contributed by atoms with E-state index in [0.29, 0.717) is 6.42 Å². The van der Waals surface area contributed by atoms with Gasteiger partial charge in [-0.1, -0.05) is 37.3 Å². The van der Waals surface area contributed by atoms with Crippen molar-refractivity contribution in [2.75, 3.05) is 6.73 Å². The van der Waals surface area contributed by atoms with Crippen LogP contribution in [0.3, 0.4) is 0 Å². The van der Waals surface area contributed by atoms with Crippen molar-refractivity contribution in [1.82, 2.24) is 5.32 Å². The molecule has 0 saturated heterocycles. The Morgan fingerprint density at radius 1 is 1.17 bits per heavy atom. The minimum Gasteiger partial charge on any atom is -0.445 e. The third-order valence-corrected chi connectivity index (χ3v) is 2.04. The van der Waals surface area contributed by atoms with Gasteiger partial charge in [0.15, 0.2) is 6.73 Å². The lowest BCUT2D eigenvalue weighted by atomic mass is 10.2. The number of ether oxygens (including phenoxy) is 2. The summed E-state index contributed by atoms with van der Waals surface area (Å²) in [6.45, 7) is 3.51. The first-order valence-electron chi connectivity index (χ1n) is 5.62. The summed E-state index contributed by atoms with van der Waals surface area (Å²) in [4.78, 5) is 22.2. The monoisotopic (exact) mass is 250 g/mol. The van der Waals surface area contributed by atoms with Gasteiger partial charge in [0, 0.05) is 6.42 Å². The molecule has 0 saturated carbocycles. The standard InChI is InChI=1S/C13H16NO4/c1-2-6-12(15)18-10-14-13(16)17-9-11-7-4-3-5-8-11/h3-5,7-8H,1-2,6,9-10H2,(H,14,16). The Hall–Kier alpha value is -2.04. The molecule has 0 heterocycles. The summed E-state index contributed by atoms with van der Waals surface area (Å²) in [6.07, 6.45) is 0.0826. The SMILES string of the molecule is [CH2]CCC(=O)OCNC(=O)OCc1ccccc1. The fourth-order valence-electron chi connectivity index (χ4n) is 1.17. The average molecular weight is 250 g/mol. The number of hydrogen-bond acceptors (Lipinski definition) is 4. The summed E-state index contributed by atoms with van der Waals surface area (Å²) in [7, 11) is 0. The van der Waals surface area contributed by atoms with Gasteiger partial charge in [0.1, 0.15) is 6.61 Å². The maximum atomic E-state index is 11.2. The fraction of sp³-hybridized carbons (Fsp3) is 0.308. The van der Waals surface area contributed by atoms with E-state index in [9.17, 15) is 9.59 Å². The van der Waals surface area contributed by atoms with Crippen LogP contribution >= 0.6 is 0 Å². The molecular formula is C13H16NO4. The Bertz CT molecular complexity index is 378. The lowest BCUT2D eigenvalue weighted by Crippen LogP contribution is -2.28. The van der Waals surface area contributed by atoms with Gasteiger partial charge in [-0.2, -0.15) is 0 Å². The third-order valence-electron chi connectivity index (χ3n) is 2.04.